The number of imidazole rings is 1. The van der Waals surface area contributed by atoms with Gasteiger partial charge in [-0.1, -0.05) is 12.1 Å². The Hall–Kier alpha value is -2.47. The Morgan fingerprint density at radius 3 is 3.00 bits per heavy atom. The topological polar surface area (TPSA) is 64.9 Å². The molecule has 0 saturated carbocycles. The number of ether oxygens (including phenoxy) is 1. The first-order valence-electron chi connectivity index (χ1n) is 8.30. The number of hydrogen-bond acceptors (Lipinski definition) is 5. The van der Waals surface area contributed by atoms with Crippen molar-refractivity contribution in [1.29, 1.82) is 0 Å². The van der Waals surface area contributed by atoms with Crippen LogP contribution in [0.4, 0.5) is 5.82 Å². The van der Waals surface area contributed by atoms with E-state index in [0.29, 0.717) is 0 Å². The highest BCUT2D eigenvalue weighted by atomic mass is 16.5. The van der Waals surface area contributed by atoms with E-state index in [0.717, 1.165) is 47.6 Å². The molecular weight excluding hydrogens is 302 g/mol. The molecule has 4 rings (SSSR count). The average Bonchev–Trinajstić information content (AvgIpc) is 3.02. The molecule has 24 heavy (non-hydrogen) atoms. The van der Waals surface area contributed by atoms with Gasteiger partial charge in [-0.25, -0.2) is 15.0 Å². The molecule has 2 aromatic heterocycles. The molecular formula is C18H21N5O. The lowest BCUT2D eigenvalue weighted by Crippen LogP contribution is -2.35. The summed E-state index contributed by atoms with van der Waals surface area (Å²) in [7, 11) is 2.00. The van der Waals surface area contributed by atoms with Crippen LogP contribution in [0.5, 0.6) is 0 Å². The highest BCUT2D eigenvalue weighted by Gasteiger charge is 2.30. The minimum absolute atomic E-state index is 0.0754. The van der Waals surface area contributed by atoms with E-state index in [9.17, 15) is 0 Å². The first kappa shape index (κ1) is 15.1. The molecule has 0 amide bonds. The molecule has 0 bridgehead atoms. The van der Waals surface area contributed by atoms with Gasteiger partial charge in [-0.05, 0) is 31.4 Å². The van der Waals surface area contributed by atoms with Crippen molar-refractivity contribution >= 4 is 16.7 Å². The lowest BCUT2D eigenvalue weighted by molar-refractivity contribution is -0.00132. The molecule has 6 heteroatoms. The van der Waals surface area contributed by atoms with E-state index >= 15 is 0 Å². The summed E-state index contributed by atoms with van der Waals surface area (Å²) in [5.74, 6) is 1.81. The molecule has 0 spiro atoms. The molecule has 124 valence electrons. The van der Waals surface area contributed by atoms with E-state index in [1.165, 1.54) is 0 Å². The van der Waals surface area contributed by atoms with E-state index in [-0.39, 0.29) is 12.1 Å². The fourth-order valence-electron chi connectivity index (χ4n) is 3.36. The first-order valence-corrected chi connectivity index (χ1v) is 8.30. The van der Waals surface area contributed by atoms with Crippen molar-refractivity contribution in [2.75, 3.05) is 11.9 Å². The number of nitrogens with zero attached hydrogens (tertiary/aromatic N) is 4. The van der Waals surface area contributed by atoms with Crippen LogP contribution in [0.15, 0.2) is 36.9 Å². The zero-order valence-corrected chi connectivity index (χ0v) is 13.9. The SMILES string of the molecule is Cc1cccc2c(N[C@H]3CCCO[C@@H]3c3nccn3C)ncnc12. The number of benzene rings is 1. The molecule has 0 radical (unpaired) electrons. The number of fused-ring (bicyclic) bond motifs is 1. The third-order valence-electron chi connectivity index (χ3n) is 4.62. The lowest BCUT2D eigenvalue weighted by atomic mass is 10.0. The monoisotopic (exact) mass is 323 g/mol. The number of rotatable bonds is 3. The highest BCUT2D eigenvalue weighted by Crippen LogP contribution is 2.31. The van der Waals surface area contributed by atoms with Crippen molar-refractivity contribution in [2.45, 2.75) is 31.9 Å². The predicted molar refractivity (Wildman–Crippen MR) is 92.8 cm³/mol. The standard InChI is InChI=1S/C18H21N5O/c1-12-5-3-6-13-15(12)20-11-21-17(13)22-14-7-4-10-24-16(14)18-19-8-9-23(18)2/h3,5-6,8-9,11,14,16H,4,7,10H2,1-2H3,(H,20,21,22)/t14-,16-/m0/s1. The van der Waals surface area contributed by atoms with Crippen LogP contribution in [0.1, 0.15) is 30.3 Å². The predicted octanol–water partition coefficient (Wildman–Crippen LogP) is 3.00. The van der Waals surface area contributed by atoms with Crippen molar-refractivity contribution in [3.8, 4) is 0 Å². The Morgan fingerprint density at radius 2 is 2.17 bits per heavy atom. The van der Waals surface area contributed by atoms with Crippen LogP contribution in [0.3, 0.4) is 0 Å². The number of hydrogen-bond donors (Lipinski definition) is 1. The second kappa shape index (κ2) is 6.20. The van der Waals surface area contributed by atoms with Gasteiger partial charge in [-0.3, -0.25) is 0 Å². The summed E-state index contributed by atoms with van der Waals surface area (Å²) < 4.78 is 8.06. The maximum absolute atomic E-state index is 6.03. The Balaban J connectivity index is 1.69. The maximum Gasteiger partial charge on any atom is 0.139 e. The van der Waals surface area contributed by atoms with Gasteiger partial charge in [0.2, 0.25) is 0 Å². The first-order chi connectivity index (χ1) is 11.7. The molecule has 2 atom stereocenters. The van der Waals surface area contributed by atoms with Crippen molar-refractivity contribution in [2.24, 2.45) is 7.05 Å². The molecule has 1 aromatic carbocycles. The van der Waals surface area contributed by atoms with E-state index in [4.69, 9.17) is 4.74 Å². The van der Waals surface area contributed by atoms with Gasteiger partial charge in [0.05, 0.1) is 11.6 Å². The van der Waals surface area contributed by atoms with Crippen LogP contribution in [0.25, 0.3) is 10.9 Å². The minimum Gasteiger partial charge on any atom is -0.368 e. The van der Waals surface area contributed by atoms with Gasteiger partial charge in [0.15, 0.2) is 0 Å². The van der Waals surface area contributed by atoms with Gasteiger partial charge in [-0.2, -0.15) is 0 Å². The summed E-state index contributed by atoms with van der Waals surface area (Å²) in [6, 6.07) is 6.31. The van der Waals surface area contributed by atoms with Crippen molar-refractivity contribution < 1.29 is 4.74 Å². The highest BCUT2D eigenvalue weighted by molar-refractivity contribution is 5.90. The number of para-hydroxylation sites is 1. The van der Waals surface area contributed by atoms with E-state index in [2.05, 4.69) is 39.3 Å². The van der Waals surface area contributed by atoms with Gasteiger partial charge in [0, 0.05) is 31.4 Å². The van der Waals surface area contributed by atoms with Crippen LogP contribution in [-0.4, -0.2) is 32.2 Å². The lowest BCUT2D eigenvalue weighted by Gasteiger charge is -2.32. The molecule has 3 heterocycles. The van der Waals surface area contributed by atoms with Gasteiger partial charge < -0.3 is 14.6 Å². The van der Waals surface area contributed by atoms with Crippen LogP contribution in [0.2, 0.25) is 0 Å². The third-order valence-corrected chi connectivity index (χ3v) is 4.62. The summed E-state index contributed by atoms with van der Waals surface area (Å²) >= 11 is 0. The summed E-state index contributed by atoms with van der Waals surface area (Å²) in [5.41, 5.74) is 2.14. The summed E-state index contributed by atoms with van der Waals surface area (Å²) in [5, 5.41) is 4.63. The minimum atomic E-state index is -0.0754. The maximum atomic E-state index is 6.03. The molecule has 0 unspecified atom stereocenters. The summed E-state index contributed by atoms with van der Waals surface area (Å²) in [4.78, 5) is 13.4. The number of aromatic nitrogens is 4. The summed E-state index contributed by atoms with van der Waals surface area (Å²) in [6.45, 7) is 2.83. The molecule has 1 aliphatic heterocycles. The fraction of sp³-hybridized carbons (Fsp3) is 0.389. The molecule has 1 N–H and O–H groups in total. The van der Waals surface area contributed by atoms with Gasteiger partial charge >= 0.3 is 0 Å². The zero-order chi connectivity index (χ0) is 16.5. The van der Waals surface area contributed by atoms with Crippen molar-refractivity contribution in [3.05, 3.63) is 48.3 Å². The van der Waals surface area contributed by atoms with Crippen LogP contribution < -0.4 is 5.32 Å². The van der Waals surface area contributed by atoms with Crippen LogP contribution in [-0.2, 0) is 11.8 Å². The third kappa shape index (κ3) is 2.63. The number of anilines is 1. The van der Waals surface area contributed by atoms with Crippen molar-refractivity contribution in [1.82, 2.24) is 19.5 Å². The second-order valence-corrected chi connectivity index (χ2v) is 6.27. The Morgan fingerprint density at radius 1 is 1.25 bits per heavy atom. The fourth-order valence-corrected chi connectivity index (χ4v) is 3.36. The second-order valence-electron chi connectivity index (χ2n) is 6.27. The Kier molecular flexibility index (Phi) is 3.90. The molecule has 6 nitrogen and oxygen atoms in total. The van der Waals surface area contributed by atoms with E-state index in [1.807, 2.05) is 30.1 Å². The molecule has 0 aliphatic carbocycles. The zero-order valence-electron chi connectivity index (χ0n) is 13.9. The van der Waals surface area contributed by atoms with Gasteiger partial charge in [0.25, 0.3) is 0 Å². The number of aryl methyl sites for hydroxylation is 2. The van der Waals surface area contributed by atoms with Gasteiger partial charge in [-0.15, -0.1) is 0 Å². The van der Waals surface area contributed by atoms with Crippen LogP contribution in [0, 0.1) is 6.92 Å². The number of nitrogens with one attached hydrogen (secondary N) is 1. The van der Waals surface area contributed by atoms with Crippen molar-refractivity contribution in [3.63, 3.8) is 0 Å². The van der Waals surface area contributed by atoms with E-state index in [1.54, 1.807) is 6.33 Å². The average molecular weight is 323 g/mol. The molecule has 1 saturated heterocycles. The normalized spacial score (nSPS) is 21.1. The molecule has 1 aliphatic rings. The largest absolute Gasteiger partial charge is 0.368 e. The van der Waals surface area contributed by atoms with Gasteiger partial charge in [0.1, 0.15) is 24.1 Å². The summed E-state index contributed by atoms with van der Waals surface area (Å²) in [6.07, 6.45) is 7.36. The Labute approximate surface area is 140 Å². The van der Waals surface area contributed by atoms with Crippen LogP contribution >= 0.6 is 0 Å². The smallest absolute Gasteiger partial charge is 0.139 e. The van der Waals surface area contributed by atoms with E-state index < -0.39 is 0 Å². The Bertz CT molecular complexity index is 859. The quantitative estimate of drug-likeness (QED) is 0.802. The molecule has 3 aromatic rings. The molecule has 1 fully saturated rings.